The zero-order chi connectivity index (χ0) is 22.3. The molecule has 1 atom stereocenters. The molecule has 2 aromatic carbocycles. The van der Waals surface area contributed by atoms with Gasteiger partial charge in [0.2, 0.25) is 0 Å². The molecule has 0 aliphatic carbocycles. The van der Waals surface area contributed by atoms with Crippen LogP contribution in [0.4, 0.5) is 23.2 Å². The third-order valence-corrected chi connectivity index (χ3v) is 5.70. The Balaban J connectivity index is 2.17. The predicted molar refractivity (Wildman–Crippen MR) is 102 cm³/mol. The van der Waals surface area contributed by atoms with Gasteiger partial charge in [0, 0.05) is 22.2 Å². The normalized spacial score (nSPS) is 13.3. The molecule has 0 amide bonds. The largest absolute Gasteiger partial charge is 0.516 e. The lowest BCUT2D eigenvalue weighted by Crippen LogP contribution is -2.30. The standard InChI is InChI=1S/C18H13ClF4N2O4S/c1-29-17(26)16(11-6-5-10(20)9-13(11)19)25-8-7-12-14(3-2-4-15(12)25)24-30(27,28)18(21,22)23/h2-9,16,24H,1H3. The van der Waals surface area contributed by atoms with Gasteiger partial charge in [-0.1, -0.05) is 23.7 Å². The number of fused-ring (bicyclic) bond motifs is 1. The molecule has 0 radical (unpaired) electrons. The molecule has 3 rings (SSSR count). The van der Waals surface area contributed by atoms with Gasteiger partial charge in [0.05, 0.1) is 18.3 Å². The van der Waals surface area contributed by atoms with Crippen molar-refractivity contribution >= 4 is 44.2 Å². The molecule has 160 valence electrons. The lowest BCUT2D eigenvalue weighted by atomic mass is 10.1. The first-order chi connectivity index (χ1) is 14.0. The molecule has 1 heterocycles. The van der Waals surface area contributed by atoms with E-state index in [9.17, 15) is 30.8 Å². The molecule has 0 aliphatic heterocycles. The summed E-state index contributed by atoms with van der Waals surface area (Å²) in [6.45, 7) is 0. The van der Waals surface area contributed by atoms with Gasteiger partial charge < -0.3 is 9.30 Å². The van der Waals surface area contributed by atoms with Gasteiger partial charge in [-0.15, -0.1) is 0 Å². The van der Waals surface area contributed by atoms with Crippen molar-refractivity contribution in [3.63, 3.8) is 0 Å². The fraction of sp³-hybridized carbons (Fsp3) is 0.167. The Hall–Kier alpha value is -2.79. The van der Waals surface area contributed by atoms with Gasteiger partial charge in [-0.05, 0) is 30.3 Å². The second-order valence-electron chi connectivity index (χ2n) is 6.10. The van der Waals surface area contributed by atoms with Crippen LogP contribution in [0.25, 0.3) is 10.9 Å². The fourth-order valence-corrected chi connectivity index (χ4v) is 3.78. The second kappa shape index (κ2) is 7.80. The molecule has 1 N–H and O–H groups in total. The number of methoxy groups -OCH3 is 1. The van der Waals surface area contributed by atoms with Crippen LogP contribution in [0.1, 0.15) is 11.6 Å². The number of hydrogen-bond acceptors (Lipinski definition) is 4. The number of carbonyl (C=O) groups excluding carboxylic acids is 1. The molecular formula is C18H13ClF4N2O4S. The maximum absolute atomic E-state index is 13.4. The summed E-state index contributed by atoms with van der Waals surface area (Å²) in [6.07, 6.45) is 1.36. The number of nitrogens with zero attached hydrogens (tertiary/aromatic N) is 1. The fourth-order valence-electron chi connectivity index (χ4n) is 2.93. The van der Waals surface area contributed by atoms with E-state index < -0.39 is 33.4 Å². The average molecular weight is 465 g/mol. The number of ether oxygens (including phenoxy) is 1. The molecule has 12 heteroatoms. The van der Waals surface area contributed by atoms with Gasteiger partial charge in [0.15, 0.2) is 6.04 Å². The summed E-state index contributed by atoms with van der Waals surface area (Å²) in [7, 11) is -4.53. The number of benzene rings is 2. The lowest BCUT2D eigenvalue weighted by molar-refractivity contribution is -0.143. The molecular weight excluding hydrogens is 452 g/mol. The highest BCUT2D eigenvalue weighted by atomic mass is 35.5. The van der Waals surface area contributed by atoms with Crippen LogP contribution in [-0.4, -0.2) is 31.6 Å². The van der Waals surface area contributed by atoms with Crippen molar-refractivity contribution in [1.82, 2.24) is 4.57 Å². The van der Waals surface area contributed by atoms with E-state index in [2.05, 4.69) is 0 Å². The number of rotatable bonds is 5. The van der Waals surface area contributed by atoms with E-state index in [-0.39, 0.29) is 27.2 Å². The van der Waals surface area contributed by atoms with Crippen LogP contribution in [-0.2, 0) is 19.6 Å². The molecule has 6 nitrogen and oxygen atoms in total. The first-order valence-corrected chi connectivity index (χ1v) is 10.0. The number of aromatic nitrogens is 1. The van der Waals surface area contributed by atoms with Gasteiger partial charge in [0.25, 0.3) is 0 Å². The highest BCUT2D eigenvalue weighted by Crippen LogP contribution is 2.35. The Kier molecular flexibility index (Phi) is 5.70. The molecule has 0 aliphatic rings. The highest BCUT2D eigenvalue weighted by molar-refractivity contribution is 7.93. The molecule has 0 saturated heterocycles. The van der Waals surface area contributed by atoms with Gasteiger partial charge >= 0.3 is 21.5 Å². The van der Waals surface area contributed by atoms with Crippen molar-refractivity contribution in [2.75, 3.05) is 11.8 Å². The number of alkyl halides is 3. The summed E-state index contributed by atoms with van der Waals surface area (Å²) in [6, 6.07) is 7.43. The van der Waals surface area contributed by atoms with Crippen molar-refractivity contribution in [3.05, 3.63) is 65.1 Å². The maximum atomic E-state index is 13.4. The van der Waals surface area contributed by atoms with Gasteiger partial charge in [0.1, 0.15) is 5.82 Å². The first-order valence-electron chi connectivity index (χ1n) is 8.17. The summed E-state index contributed by atoms with van der Waals surface area (Å²) < 4.78 is 82.3. The van der Waals surface area contributed by atoms with E-state index in [4.69, 9.17) is 16.3 Å². The van der Waals surface area contributed by atoms with Crippen molar-refractivity contribution < 1.29 is 35.5 Å². The third-order valence-electron chi connectivity index (χ3n) is 4.27. The number of carbonyl (C=O) groups is 1. The predicted octanol–water partition coefficient (Wildman–Crippen LogP) is 4.46. The van der Waals surface area contributed by atoms with Crippen molar-refractivity contribution in [1.29, 1.82) is 0 Å². The summed E-state index contributed by atoms with van der Waals surface area (Å²) in [5.41, 5.74) is -5.44. The molecule has 0 spiro atoms. The smallest absolute Gasteiger partial charge is 0.467 e. The number of sulfonamides is 1. The van der Waals surface area contributed by atoms with Crippen LogP contribution < -0.4 is 4.72 Å². The van der Waals surface area contributed by atoms with E-state index in [1.807, 2.05) is 0 Å². The number of anilines is 1. The van der Waals surface area contributed by atoms with Crippen LogP contribution in [0.3, 0.4) is 0 Å². The maximum Gasteiger partial charge on any atom is 0.516 e. The minimum Gasteiger partial charge on any atom is -0.467 e. The van der Waals surface area contributed by atoms with Crippen LogP contribution in [0.2, 0.25) is 5.02 Å². The van der Waals surface area contributed by atoms with Crippen molar-refractivity contribution in [2.24, 2.45) is 0 Å². The molecule has 3 aromatic rings. The first kappa shape index (κ1) is 21.9. The van der Waals surface area contributed by atoms with E-state index >= 15 is 0 Å². The van der Waals surface area contributed by atoms with Crippen molar-refractivity contribution in [3.8, 4) is 0 Å². The van der Waals surface area contributed by atoms with Crippen LogP contribution in [0, 0.1) is 5.82 Å². The number of hydrogen-bond donors (Lipinski definition) is 1. The molecule has 0 bridgehead atoms. The molecule has 0 fully saturated rings. The van der Waals surface area contributed by atoms with Crippen LogP contribution in [0.15, 0.2) is 48.7 Å². The Morgan fingerprint density at radius 1 is 1.20 bits per heavy atom. The minimum atomic E-state index is -5.65. The molecule has 0 saturated carbocycles. The molecule has 1 aromatic heterocycles. The SMILES string of the molecule is COC(=O)C(c1ccc(F)cc1Cl)n1ccc2c(NS(=O)(=O)C(F)(F)F)cccc21. The zero-order valence-electron chi connectivity index (χ0n) is 15.1. The summed E-state index contributed by atoms with van der Waals surface area (Å²) in [4.78, 5) is 12.5. The molecule has 1 unspecified atom stereocenters. The van der Waals surface area contributed by atoms with Gasteiger partial charge in [-0.3, -0.25) is 4.72 Å². The van der Waals surface area contributed by atoms with Crippen LogP contribution in [0.5, 0.6) is 0 Å². The topological polar surface area (TPSA) is 77.4 Å². The minimum absolute atomic E-state index is 0.0684. The third kappa shape index (κ3) is 3.94. The number of nitrogens with one attached hydrogen (secondary N) is 1. The van der Waals surface area contributed by atoms with Gasteiger partial charge in [-0.25, -0.2) is 9.18 Å². The quantitative estimate of drug-likeness (QED) is 0.447. The lowest BCUT2D eigenvalue weighted by Gasteiger charge is -2.20. The molecule has 30 heavy (non-hydrogen) atoms. The van der Waals surface area contributed by atoms with Crippen molar-refractivity contribution in [2.45, 2.75) is 11.6 Å². The van der Waals surface area contributed by atoms with E-state index in [0.29, 0.717) is 0 Å². The second-order valence-corrected chi connectivity index (χ2v) is 8.19. The summed E-state index contributed by atoms with van der Waals surface area (Å²) in [5, 5.41) is 0.0265. The highest BCUT2D eigenvalue weighted by Gasteiger charge is 2.46. The van der Waals surface area contributed by atoms with Gasteiger partial charge in [-0.2, -0.15) is 21.6 Å². The Labute approximate surface area is 173 Å². The Morgan fingerprint density at radius 2 is 1.90 bits per heavy atom. The Bertz CT molecular complexity index is 1220. The van der Waals surface area contributed by atoms with E-state index in [1.54, 1.807) is 0 Å². The number of esters is 1. The van der Waals surface area contributed by atoms with Crippen LogP contribution >= 0.6 is 11.6 Å². The monoisotopic (exact) mass is 464 g/mol. The Morgan fingerprint density at radius 3 is 2.50 bits per heavy atom. The van der Waals surface area contributed by atoms with E-state index in [1.165, 1.54) is 39.8 Å². The summed E-state index contributed by atoms with van der Waals surface area (Å²) >= 11 is 6.08. The summed E-state index contributed by atoms with van der Waals surface area (Å²) in [5.74, 6) is -1.41. The average Bonchev–Trinajstić information content (AvgIpc) is 3.07. The van der Waals surface area contributed by atoms with E-state index in [0.717, 1.165) is 25.3 Å². The zero-order valence-corrected chi connectivity index (χ0v) is 16.6. The number of halogens is 5.